The van der Waals surface area contributed by atoms with E-state index in [1.165, 1.54) is 7.11 Å². The molecule has 0 fully saturated rings. The summed E-state index contributed by atoms with van der Waals surface area (Å²) in [6, 6.07) is 12.6. The van der Waals surface area contributed by atoms with Gasteiger partial charge in [0.05, 0.1) is 36.4 Å². The van der Waals surface area contributed by atoms with Gasteiger partial charge in [0, 0.05) is 3.57 Å². The number of carbonyl (C=O) groups excluding carboxylic acids is 1. The summed E-state index contributed by atoms with van der Waals surface area (Å²) in [4.78, 5) is 28.3. The Hall–Kier alpha value is -2.22. The number of benzene rings is 2. The third-order valence-corrected chi connectivity index (χ3v) is 4.19. The van der Waals surface area contributed by atoms with Gasteiger partial charge in [0.2, 0.25) is 0 Å². The summed E-state index contributed by atoms with van der Waals surface area (Å²) in [7, 11) is 1.35. The highest BCUT2D eigenvalue weighted by Gasteiger charge is 2.07. The number of methoxy groups -OCH3 is 1. The Bertz CT molecular complexity index is 933. The number of fused-ring (bicyclic) bond motifs is 1. The summed E-state index contributed by atoms with van der Waals surface area (Å²) in [5.41, 5.74) is 2.00. The number of ether oxygens (including phenoxy) is 1. The van der Waals surface area contributed by atoms with Crippen LogP contribution in [0.15, 0.2) is 53.6 Å². The van der Waals surface area contributed by atoms with Crippen molar-refractivity contribution in [3.05, 3.63) is 73.8 Å². The zero-order valence-corrected chi connectivity index (χ0v) is 14.5. The van der Waals surface area contributed by atoms with Crippen LogP contribution in [0.2, 0.25) is 0 Å². The maximum absolute atomic E-state index is 12.6. The fourth-order valence-electron chi connectivity index (χ4n) is 2.30. The van der Waals surface area contributed by atoms with E-state index in [-0.39, 0.29) is 11.5 Å². The van der Waals surface area contributed by atoms with Crippen molar-refractivity contribution in [3.63, 3.8) is 0 Å². The Morgan fingerprint density at radius 1 is 1.22 bits per heavy atom. The predicted octanol–water partition coefficient (Wildman–Crippen LogP) is 2.84. The van der Waals surface area contributed by atoms with E-state index in [0.29, 0.717) is 23.0 Å². The molecule has 1 heterocycles. The van der Waals surface area contributed by atoms with Crippen molar-refractivity contribution in [3.8, 4) is 0 Å². The number of carbonyl (C=O) groups is 1. The van der Waals surface area contributed by atoms with E-state index in [1.54, 1.807) is 35.2 Å². The van der Waals surface area contributed by atoms with Gasteiger partial charge in [-0.1, -0.05) is 12.1 Å². The highest BCUT2D eigenvalue weighted by atomic mass is 127. The molecule has 0 unspecified atom stereocenters. The molecule has 0 aliphatic carbocycles. The van der Waals surface area contributed by atoms with Crippen LogP contribution in [0.4, 0.5) is 0 Å². The van der Waals surface area contributed by atoms with Crippen LogP contribution in [0, 0.1) is 3.57 Å². The van der Waals surface area contributed by atoms with E-state index in [4.69, 9.17) is 0 Å². The molecular weight excluding hydrogens is 407 g/mol. The second-order valence-corrected chi connectivity index (χ2v) is 6.27. The fraction of sp³-hybridized carbons (Fsp3) is 0.118. The summed E-state index contributed by atoms with van der Waals surface area (Å²) in [5, 5.41) is 0.602. The summed E-state index contributed by atoms with van der Waals surface area (Å²) in [5.74, 6) is -0.379. The van der Waals surface area contributed by atoms with Crippen LogP contribution in [0.3, 0.4) is 0 Å². The maximum Gasteiger partial charge on any atom is 0.337 e. The topological polar surface area (TPSA) is 61.2 Å². The lowest BCUT2D eigenvalue weighted by molar-refractivity contribution is 0.0600. The van der Waals surface area contributed by atoms with Crippen LogP contribution in [-0.4, -0.2) is 22.6 Å². The molecule has 0 aliphatic heterocycles. The molecule has 0 saturated carbocycles. The van der Waals surface area contributed by atoms with Crippen molar-refractivity contribution in [1.82, 2.24) is 9.55 Å². The molecule has 0 amide bonds. The molecule has 3 aromatic rings. The lowest BCUT2D eigenvalue weighted by Crippen LogP contribution is -2.21. The molecule has 3 rings (SSSR count). The maximum atomic E-state index is 12.6. The smallest absolute Gasteiger partial charge is 0.337 e. The van der Waals surface area contributed by atoms with Crippen LogP contribution in [0.25, 0.3) is 10.9 Å². The molecule has 0 saturated heterocycles. The van der Waals surface area contributed by atoms with Gasteiger partial charge in [-0.15, -0.1) is 0 Å². The second kappa shape index (κ2) is 6.49. The van der Waals surface area contributed by atoms with E-state index >= 15 is 0 Å². The number of rotatable bonds is 3. The Morgan fingerprint density at radius 2 is 1.96 bits per heavy atom. The number of hydrogen-bond acceptors (Lipinski definition) is 4. The third kappa shape index (κ3) is 3.26. The Labute approximate surface area is 146 Å². The van der Waals surface area contributed by atoms with Gasteiger partial charge in [0.15, 0.2) is 0 Å². The molecule has 0 atom stereocenters. The van der Waals surface area contributed by atoms with Gasteiger partial charge in [-0.25, -0.2) is 9.78 Å². The van der Waals surface area contributed by atoms with E-state index in [0.717, 1.165) is 9.13 Å². The van der Waals surface area contributed by atoms with Gasteiger partial charge in [0.25, 0.3) is 5.56 Å². The van der Waals surface area contributed by atoms with Crippen LogP contribution in [0.5, 0.6) is 0 Å². The van der Waals surface area contributed by atoms with Crippen molar-refractivity contribution in [1.29, 1.82) is 0 Å². The zero-order chi connectivity index (χ0) is 16.4. The first kappa shape index (κ1) is 15.7. The molecule has 6 heteroatoms. The SMILES string of the molecule is COC(=O)c1ccc(Cn2cnc3ccc(I)cc3c2=O)cc1. The average molecular weight is 420 g/mol. The van der Waals surface area contributed by atoms with Gasteiger partial charge in [0.1, 0.15) is 0 Å². The molecule has 0 radical (unpaired) electrons. The van der Waals surface area contributed by atoms with Crippen molar-refractivity contribution < 1.29 is 9.53 Å². The number of esters is 1. The molecule has 116 valence electrons. The molecule has 23 heavy (non-hydrogen) atoms. The number of hydrogen-bond donors (Lipinski definition) is 0. The highest BCUT2D eigenvalue weighted by Crippen LogP contribution is 2.12. The summed E-state index contributed by atoms with van der Waals surface area (Å²) < 4.78 is 7.22. The van der Waals surface area contributed by atoms with Crippen LogP contribution in [-0.2, 0) is 11.3 Å². The quantitative estimate of drug-likeness (QED) is 0.483. The average Bonchev–Trinajstić information content (AvgIpc) is 2.58. The largest absolute Gasteiger partial charge is 0.465 e. The van der Waals surface area contributed by atoms with Gasteiger partial charge >= 0.3 is 5.97 Å². The molecular formula is C17H13IN2O3. The molecule has 0 N–H and O–H groups in total. The number of nitrogens with zero attached hydrogens (tertiary/aromatic N) is 2. The lowest BCUT2D eigenvalue weighted by Gasteiger charge is -2.07. The van der Waals surface area contributed by atoms with Crippen molar-refractivity contribution >= 4 is 39.5 Å². The van der Waals surface area contributed by atoms with E-state index in [9.17, 15) is 9.59 Å². The minimum Gasteiger partial charge on any atom is -0.465 e. The van der Waals surface area contributed by atoms with E-state index < -0.39 is 0 Å². The van der Waals surface area contributed by atoms with Crippen molar-refractivity contribution in [2.75, 3.05) is 7.11 Å². The van der Waals surface area contributed by atoms with Gasteiger partial charge < -0.3 is 4.74 Å². The van der Waals surface area contributed by atoms with Gasteiger partial charge in [-0.2, -0.15) is 0 Å². The summed E-state index contributed by atoms with van der Waals surface area (Å²) in [6.07, 6.45) is 1.55. The Kier molecular flexibility index (Phi) is 4.42. The molecule has 2 aromatic carbocycles. The summed E-state index contributed by atoms with van der Waals surface area (Å²) in [6.45, 7) is 0.398. The fourth-order valence-corrected chi connectivity index (χ4v) is 2.80. The van der Waals surface area contributed by atoms with Crippen molar-refractivity contribution in [2.45, 2.75) is 6.54 Å². The van der Waals surface area contributed by atoms with E-state index in [2.05, 4.69) is 32.3 Å². The molecule has 0 bridgehead atoms. The van der Waals surface area contributed by atoms with Crippen LogP contribution >= 0.6 is 22.6 Å². The highest BCUT2D eigenvalue weighted by molar-refractivity contribution is 14.1. The van der Waals surface area contributed by atoms with Gasteiger partial charge in [-0.05, 0) is 58.5 Å². The molecule has 5 nitrogen and oxygen atoms in total. The zero-order valence-electron chi connectivity index (χ0n) is 12.3. The predicted molar refractivity (Wildman–Crippen MR) is 95.6 cm³/mol. The Balaban J connectivity index is 1.94. The normalized spacial score (nSPS) is 10.7. The van der Waals surface area contributed by atoms with Gasteiger partial charge in [-0.3, -0.25) is 9.36 Å². The van der Waals surface area contributed by atoms with Crippen LogP contribution in [0.1, 0.15) is 15.9 Å². The molecule has 1 aromatic heterocycles. The second-order valence-electron chi connectivity index (χ2n) is 5.03. The number of halogens is 1. The lowest BCUT2D eigenvalue weighted by atomic mass is 10.1. The third-order valence-electron chi connectivity index (χ3n) is 3.51. The molecule has 0 spiro atoms. The first-order chi connectivity index (χ1) is 11.1. The standard InChI is InChI=1S/C17H13IN2O3/c1-23-17(22)12-4-2-11(3-5-12)9-20-10-19-15-7-6-13(18)8-14(15)16(20)21/h2-8,10H,9H2,1H3. The van der Waals surface area contributed by atoms with Crippen molar-refractivity contribution in [2.24, 2.45) is 0 Å². The monoisotopic (exact) mass is 420 g/mol. The Morgan fingerprint density at radius 3 is 2.65 bits per heavy atom. The number of aromatic nitrogens is 2. The minimum atomic E-state index is -0.379. The van der Waals surface area contributed by atoms with Crippen LogP contribution < -0.4 is 5.56 Å². The first-order valence-corrected chi connectivity index (χ1v) is 7.98. The van der Waals surface area contributed by atoms with E-state index in [1.807, 2.05) is 18.2 Å². The minimum absolute atomic E-state index is 0.0782. The summed E-state index contributed by atoms with van der Waals surface area (Å²) >= 11 is 2.17. The first-order valence-electron chi connectivity index (χ1n) is 6.90. The molecule has 0 aliphatic rings.